The van der Waals surface area contributed by atoms with Crippen molar-refractivity contribution < 1.29 is 19.0 Å². The predicted octanol–water partition coefficient (Wildman–Crippen LogP) is 2.52. The highest BCUT2D eigenvalue weighted by Crippen LogP contribution is 2.31. The minimum absolute atomic E-state index is 0.161. The van der Waals surface area contributed by atoms with Crippen LogP contribution in [-0.2, 0) is 9.53 Å². The summed E-state index contributed by atoms with van der Waals surface area (Å²) in [5.74, 6) is -1.30. The van der Waals surface area contributed by atoms with Gasteiger partial charge in [-0.3, -0.25) is 0 Å². The van der Waals surface area contributed by atoms with Gasteiger partial charge in [-0.2, -0.15) is 0 Å². The Kier molecular flexibility index (Phi) is 4.76. The molecule has 0 saturated heterocycles. The standard InChI is InChI=1S/C10H10BrFO3S/c1-15-10(14)8(13)5-3-6(11)9(16-2)7(12)4-5/h3-4,8,13H,1-2H3. The molecular formula is C10H10BrFO3S. The maximum absolute atomic E-state index is 13.5. The van der Waals surface area contributed by atoms with Crippen molar-refractivity contribution in [2.45, 2.75) is 11.0 Å². The lowest BCUT2D eigenvalue weighted by atomic mass is 10.1. The summed E-state index contributed by atoms with van der Waals surface area (Å²) in [6.45, 7) is 0. The van der Waals surface area contributed by atoms with Crippen LogP contribution in [0.15, 0.2) is 21.5 Å². The van der Waals surface area contributed by atoms with Crippen molar-refractivity contribution in [1.82, 2.24) is 0 Å². The molecule has 16 heavy (non-hydrogen) atoms. The first-order chi connectivity index (χ1) is 7.51. The first-order valence-electron chi connectivity index (χ1n) is 4.30. The van der Waals surface area contributed by atoms with Crippen LogP contribution in [0, 0.1) is 5.82 Å². The number of methoxy groups -OCH3 is 1. The van der Waals surface area contributed by atoms with Crippen molar-refractivity contribution in [2.24, 2.45) is 0 Å². The van der Waals surface area contributed by atoms with Crippen molar-refractivity contribution in [3.05, 3.63) is 28.0 Å². The summed E-state index contributed by atoms with van der Waals surface area (Å²) in [5, 5.41) is 9.53. The van der Waals surface area contributed by atoms with E-state index in [0.717, 1.165) is 13.2 Å². The number of ether oxygens (including phenoxy) is 1. The van der Waals surface area contributed by atoms with E-state index in [-0.39, 0.29) is 5.56 Å². The third kappa shape index (κ3) is 2.75. The zero-order valence-electron chi connectivity index (χ0n) is 8.66. The lowest BCUT2D eigenvalue weighted by Crippen LogP contribution is -2.13. The van der Waals surface area contributed by atoms with E-state index in [1.807, 2.05) is 0 Å². The number of benzene rings is 1. The fraction of sp³-hybridized carbons (Fsp3) is 0.300. The third-order valence-corrected chi connectivity index (χ3v) is 3.68. The second kappa shape index (κ2) is 5.65. The Morgan fingerprint density at radius 3 is 2.69 bits per heavy atom. The van der Waals surface area contributed by atoms with Crippen LogP contribution in [-0.4, -0.2) is 24.4 Å². The van der Waals surface area contributed by atoms with Gasteiger partial charge in [0.1, 0.15) is 5.82 Å². The molecule has 0 saturated carbocycles. The van der Waals surface area contributed by atoms with Gasteiger partial charge in [-0.25, -0.2) is 9.18 Å². The summed E-state index contributed by atoms with van der Waals surface area (Å²) in [7, 11) is 1.16. The van der Waals surface area contributed by atoms with E-state index in [9.17, 15) is 14.3 Å². The molecule has 0 radical (unpaired) electrons. The maximum atomic E-state index is 13.5. The van der Waals surface area contributed by atoms with E-state index in [4.69, 9.17) is 0 Å². The smallest absolute Gasteiger partial charge is 0.339 e. The zero-order valence-corrected chi connectivity index (χ0v) is 11.1. The number of rotatable bonds is 3. The van der Waals surface area contributed by atoms with Crippen LogP contribution in [0.4, 0.5) is 4.39 Å². The Bertz CT molecular complexity index is 388. The quantitative estimate of drug-likeness (QED) is 0.688. The summed E-state index contributed by atoms with van der Waals surface area (Å²) in [6, 6.07) is 2.62. The molecule has 0 aromatic heterocycles. The van der Waals surface area contributed by atoms with Gasteiger partial charge in [-0.05, 0) is 39.9 Å². The van der Waals surface area contributed by atoms with Crippen LogP contribution in [0.25, 0.3) is 0 Å². The normalized spacial score (nSPS) is 12.3. The molecule has 1 N–H and O–H groups in total. The molecule has 0 aliphatic carbocycles. The van der Waals surface area contributed by atoms with Gasteiger partial charge in [0.2, 0.25) is 0 Å². The molecule has 6 heteroatoms. The van der Waals surface area contributed by atoms with Gasteiger partial charge in [0.15, 0.2) is 6.10 Å². The number of esters is 1. The molecule has 0 aliphatic rings. The number of carbonyl (C=O) groups excluding carboxylic acids is 1. The van der Waals surface area contributed by atoms with E-state index in [2.05, 4.69) is 20.7 Å². The van der Waals surface area contributed by atoms with Gasteiger partial charge >= 0.3 is 5.97 Å². The highest BCUT2D eigenvalue weighted by atomic mass is 79.9. The molecule has 88 valence electrons. The number of aliphatic hydroxyl groups excluding tert-OH is 1. The number of thioether (sulfide) groups is 1. The second-order valence-corrected chi connectivity index (χ2v) is 4.61. The zero-order chi connectivity index (χ0) is 12.3. The van der Waals surface area contributed by atoms with Crippen molar-refractivity contribution in [2.75, 3.05) is 13.4 Å². The lowest BCUT2D eigenvalue weighted by Gasteiger charge is -2.11. The number of aliphatic hydroxyl groups is 1. The highest BCUT2D eigenvalue weighted by molar-refractivity contribution is 9.10. The average Bonchev–Trinajstić information content (AvgIpc) is 2.26. The lowest BCUT2D eigenvalue weighted by molar-refractivity contribution is -0.150. The molecule has 1 aromatic carbocycles. The van der Waals surface area contributed by atoms with Crippen LogP contribution >= 0.6 is 27.7 Å². The third-order valence-electron chi connectivity index (χ3n) is 1.96. The van der Waals surface area contributed by atoms with Gasteiger partial charge in [-0.1, -0.05) is 0 Å². The van der Waals surface area contributed by atoms with Crippen molar-refractivity contribution in [1.29, 1.82) is 0 Å². The number of halogens is 2. The van der Waals surface area contributed by atoms with Crippen LogP contribution in [0.5, 0.6) is 0 Å². The number of hydrogen-bond donors (Lipinski definition) is 1. The molecule has 3 nitrogen and oxygen atoms in total. The molecule has 1 aromatic rings. The van der Waals surface area contributed by atoms with E-state index in [0.29, 0.717) is 9.37 Å². The summed E-state index contributed by atoms with van der Waals surface area (Å²) in [4.78, 5) is 11.5. The minimum atomic E-state index is -1.47. The summed E-state index contributed by atoms with van der Waals surface area (Å²) < 4.78 is 18.4. The van der Waals surface area contributed by atoms with Crippen molar-refractivity contribution in [3.8, 4) is 0 Å². The van der Waals surface area contributed by atoms with Crippen LogP contribution < -0.4 is 0 Å². The first kappa shape index (κ1) is 13.5. The van der Waals surface area contributed by atoms with E-state index in [1.54, 1.807) is 6.26 Å². The molecule has 0 bridgehead atoms. The SMILES string of the molecule is COC(=O)C(O)c1cc(F)c(SC)c(Br)c1. The van der Waals surface area contributed by atoms with Gasteiger partial charge in [0.25, 0.3) is 0 Å². The van der Waals surface area contributed by atoms with E-state index < -0.39 is 17.9 Å². The van der Waals surface area contributed by atoms with Crippen LogP contribution in [0.3, 0.4) is 0 Å². The topological polar surface area (TPSA) is 46.5 Å². The Balaban J connectivity index is 3.13. The number of carbonyl (C=O) groups is 1. The van der Waals surface area contributed by atoms with Gasteiger partial charge in [-0.15, -0.1) is 11.8 Å². The predicted molar refractivity (Wildman–Crippen MR) is 62.9 cm³/mol. The van der Waals surface area contributed by atoms with Gasteiger partial charge in [0.05, 0.1) is 12.0 Å². The first-order valence-corrected chi connectivity index (χ1v) is 6.31. The average molecular weight is 309 g/mol. The molecule has 0 heterocycles. The molecule has 0 amide bonds. The fourth-order valence-corrected chi connectivity index (χ4v) is 2.63. The van der Waals surface area contributed by atoms with E-state index >= 15 is 0 Å². The van der Waals surface area contributed by atoms with Crippen LogP contribution in [0.1, 0.15) is 11.7 Å². The molecular weight excluding hydrogens is 299 g/mol. The molecule has 0 spiro atoms. The maximum Gasteiger partial charge on any atom is 0.339 e. The molecule has 0 aliphatic heterocycles. The molecule has 1 rings (SSSR count). The fourth-order valence-electron chi connectivity index (χ4n) is 1.18. The Morgan fingerprint density at radius 1 is 1.62 bits per heavy atom. The van der Waals surface area contributed by atoms with Gasteiger partial charge in [0, 0.05) is 4.47 Å². The largest absolute Gasteiger partial charge is 0.467 e. The minimum Gasteiger partial charge on any atom is -0.467 e. The van der Waals surface area contributed by atoms with Gasteiger partial charge < -0.3 is 9.84 Å². The Hall–Kier alpha value is -0.590. The Labute approximate surface area is 105 Å². The summed E-state index contributed by atoms with van der Waals surface area (Å²) >= 11 is 4.41. The molecule has 0 fully saturated rings. The van der Waals surface area contributed by atoms with Crippen molar-refractivity contribution in [3.63, 3.8) is 0 Å². The van der Waals surface area contributed by atoms with Crippen LogP contribution in [0.2, 0.25) is 0 Å². The monoisotopic (exact) mass is 308 g/mol. The second-order valence-electron chi connectivity index (χ2n) is 2.94. The summed E-state index contributed by atoms with van der Waals surface area (Å²) in [6.07, 6.45) is 0.270. The number of hydrogen-bond acceptors (Lipinski definition) is 4. The molecule has 1 atom stereocenters. The van der Waals surface area contributed by atoms with E-state index in [1.165, 1.54) is 17.8 Å². The van der Waals surface area contributed by atoms with Crippen molar-refractivity contribution >= 4 is 33.7 Å². The Morgan fingerprint density at radius 2 is 2.25 bits per heavy atom. The highest BCUT2D eigenvalue weighted by Gasteiger charge is 2.20. The summed E-state index contributed by atoms with van der Waals surface area (Å²) in [5.41, 5.74) is 0.161. The molecule has 1 unspecified atom stereocenters.